The van der Waals surface area contributed by atoms with E-state index in [0.717, 1.165) is 4.88 Å². The maximum absolute atomic E-state index is 10.6. The molecule has 0 saturated carbocycles. The van der Waals surface area contributed by atoms with Gasteiger partial charge in [-0.25, -0.2) is 0 Å². The zero-order valence-corrected chi connectivity index (χ0v) is 6.80. The molecule has 10 heavy (non-hydrogen) atoms. The van der Waals surface area contributed by atoms with Gasteiger partial charge in [-0.2, -0.15) is 0 Å². The van der Waals surface area contributed by atoms with Crippen LogP contribution in [0.15, 0.2) is 24.1 Å². The molecular formula is C7H5OS2-. The molecule has 1 nitrogen and oxygen atoms in total. The molecule has 0 amide bonds. The second-order valence-corrected chi connectivity index (χ2v) is 3.06. The second-order valence-electron chi connectivity index (χ2n) is 1.74. The molecule has 0 N–H and O–H groups in total. The molecule has 52 valence electrons. The molecule has 0 aromatic carbocycles. The number of hydrogen-bond acceptors (Lipinski definition) is 3. The average Bonchev–Trinajstić information content (AvgIpc) is 2.36. The van der Waals surface area contributed by atoms with Crippen LogP contribution in [0.25, 0.3) is 5.57 Å². The third kappa shape index (κ3) is 1.43. The summed E-state index contributed by atoms with van der Waals surface area (Å²) in [4.78, 5) is 11.4. The molecular weight excluding hydrogens is 164 g/mol. The molecule has 0 bridgehead atoms. The van der Waals surface area contributed by atoms with E-state index in [1.165, 1.54) is 11.3 Å². The van der Waals surface area contributed by atoms with Gasteiger partial charge in [-0.3, -0.25) is 0 Å². The summed E-state index contributed by atoms with van der Waals surface area (Å²) in [6.45, 7) is 3.55. The fraction of sp³-hybridized carbons (Fsp3) is 0. The fourth-order valence-electron chi connectivity index (χ4n) is 0.551. The van der Waals surface area contributed by atoms with Crippen LogP contribution >= 0.6 is 11.3 Å². The number of rotatable bonds is 2. The molecule has 0 atom stereocenters. The summed E-state index contributed by atoms with van der Waals surface area (Å²) in [7, 11) is 0. The van der Waals surface area contributed by atoms with Crippen molar-refractivity contribution in [2.75, 3.05) is 0 Å². The van der Waals surface area contributed by atoms with Gasteiger partial charge < -0.3 is 17.4 Å². The van der Waals surface area contributed by atoms with Crippen molar-refractivity contribution in [3.63, 3.8) is 0 Å². The summed E-state index contributed by atoms with van der Waals surface area (Å²) in [6.07, 6.45) is 0. The minimum Gasteiger partial charge on any atom is -0.737 e. The highest BCUT2D eigenvalue weighted by atomic mass is 32.1. The molecule has 1 aromatic heterocycles. The normalized spacial score (nSPS) is 9.20. The molecule has 0 aliphatic heterocycles. The Balaban J connectivity index is 2.88. The molecule has 0 fully saturated rings. The van der Waals surface area contributed by atoms with E-state index in [9.17, 15) is 4.79 Å². The minimum atomic E-state index is -0.373. The highest BCUT2D eigenvalue weighted by molar-refractivity contribution is 7.78. The third-order valence-electron chi connectivity index (χ3n) is 1.07. The molecule has 0 aliphatic carbocycles. The number of carbonyl (C=O) groups excluding carboxylic acids is 1. The summed E-state index contributed by atoms with van der Waals surface area (Å²) in [5, 5.41) is 1.51. The van der Waals surface area contributed by atoms with Crippen molar-refractivity contribution in [2.24, 2.45) is 0 Å². The van der Waals surface area contributed by atoms with Gasteiger partial charge in [0.2, 0.25) is 0 Å². The molecule has 0 unspecified atom stereocenters. The quantitative estimate of drug-likeness (QED) is 0.496. The summed E-state index contributed by atoms with van der Waals surface area (Å²) in [6, 6.07) is 3.70. The lowest BCUT2D eigenvalue weighted by molar-refractivity contribution is -0.106. The van der Waals surface area contributed by atoms with E-state index in [-0.39, 0.29) is 5.12 Å². The summed E-state index contributed by atoms with van der Waals surface area (Å²) in [5.74, 6) is 0. The Morgan fingerprint density at radius 3 is 2.80 bits per heavy atom. The lowest BCUT2D eigenvalue weighted by Gasteiger charge is -2.03. The van der Waals surface area contributed by atoms with Crippen LogP contribution in [0.3, 0.4) is 0 Å². The number of hydrogen-bond donors (Lipinski definition) is 0. The molecule has 1 aromatic rings. The molecule has 1 heterocycles. The summed E-state index contributed by atoms with van der Waals surface area (Å²) >= 11 is 5.89. The van der Waals surface area contributed by atoms with Crippen LogP contribution in [0.1, 0.15) is 4.88 Å². The SMILES string of the molecule is C=C(C(=O)[S-])c1cccs1. The van der Waals surface area contributed by atoms with Crippen LogP contribution in [0.4, 0.5) is 0 Å². The molecule has 0 spiro atoms. The van der Waals surface area contributed by atoms with Crippen molar-refractivity contribution in [3.05, 3.63) is 29.0 Å². The Kier molecular flexibility index (Phi) is 2.19. The zero-order chi connectivity index (χ0) is 7.56. The minimum absolute atomic E-state index is 0.373. The topological polar surface area (TPSA) is 17.1 Å². The van der Waals surface area contributed by atoms with E-state index in [2.05, 4.69) is 19.2 Å². The summed E-state index contributed by atoms with van der Waals surface area (Å²) in [5.41, 5.74) is 0.421. The number of thiophene rings is 1. The standard InChI is InChI=1S/C7H6OS2/c1-5(7(8)9)6-3-2-4-10-6/h2-4H,1H2,(H,8,9)/p-1. The van der Waals surface area contributed by atoms with Gasteiger partial charge in [0.15, 0.2) is 0 Å². The smallest absolute Gasteiger partial charge is 0.0430 e. The predicted molar refractivity (Wildman–Crippen MR) is 45.7 cm³/mol. The van der Waals surface area contributed by atoms with Gasteiger partial charge in [-0.1, -0.05) is 12.6 Å². The van der Waals surface area contributed by atoms with Crippen LogP contribution in [-0.4, -0.2) is 5.12 Å². The van der Waals surface area contributed by atoms with Crippen LogP contribution in [0.2, 0.25) is 0 Å². The lowest BCUT2D eigenvalue weighted by Crippen LogP contribution is -1.91. The zero-order valence-electron chi connectivity index (χ0n) is 5.16. The van der Waals surface area contributed by atoms with Gasteiger partial charge in [0.1, 0.15) is 0 Å². The van der Waals surface area contributed by atoms with E-state index in [1.807, 2.05) is 17.5 Å². The van der Waals surface area contributed by atoms with Gasteiger partial charge in [-0.15, -0.1) is 11.3 Å². The van der Waals surface area contributed by atoms with Gasteiger partial charge in [0.05, 0.1) is 0 Å². The molecule has 0 radical (unpaired) electrons. The van der Waals surface area contributed by atoms with Crippen molar-refractivity contribution >= 4 is 34.7 Å². The van der Waals surface area contributed by atoms with Crippen molar-refractivity contribution in [3.8, 4) is 0 Å². The Morgan fingerprint density at radius 2 is 2.40 bits per heavy atom. The maximum Gasteiger partial charge on any atom is 0.0430 e. The third-order valence-corrected chi connectivity index (χ3v) is 2.24. The first-order valence-electron chi connectivity index (χ1n) is 2.66. The lowest BCUT2D eigenvalue weighted by atomic mass is 10.3. The Morgan fingerprint density at radius 1 is 1.70 bits per heavy atom. The van der Waals surface area contributed by atoms with Crippen LogP contribution in [0, 0.1) is 0 Å². The predicted octanol–water partition coefficient (Wildman–Crippen LogP) is 1.83. The second kappa shape index (κ2) is 2.94. The van der Waals surface area contributed by atoms with Gasteiger partial charge in [-0.05, 0) is 11.4 Å². The van der Waals surface area contributed by atoms with Crippen molar-refractivity contribution < 1.29 is 4.79 Å². The van der Waals surface area contributed by atoms with E-state index in [4.69, 9.17) is 0 Å². The first kappa shape index (κ1) is 7.44. The Labute approximate surface area is 68.8 Å². The van der Waals surface area contributed by atoms with Crippen LogP contribution in [-0.2, 0) is 17.4 Å². The maximum atomic E-state index is 10.6. The fourth-order valence-corrected chi connectivity index (χ4v) is 1.42. The molecule has 3 heteroatoms. The van der Waals surface area contributed by atoms with Gasteiger partial charge in [0, 0.05) is 15.6 Å². The van der Waals surface area contributed by atoms with Crippen molar-refractivity contribution in [2.45, 2.75) is 0 Å². The highest BCUT2D eigenvalue weighted by Crippen LogP contribution is 2.18. The monoisotopic (exact) mass is 169 g/mol. The van der Waals surface area contributed by atoms with E-state index in [0.29, 0.717) is 5.57 Å². The van der Waals surface area contributed by atoms with Crippen molar-refractivity contribution in [1.82, 2.24) is 0 Å². The Bertz CT molecular complexity index is 249. The molecule has 1 rings (SSSR count). The van der Waals surface area contributed by atoms with E-state index in [1.54, 1.807) is 0 Å². The summed E-state index contributed by atoms with van der Waals surface area (Å²) < 4.78 is 0. The van der Waals surface area contributed by atoms with E-state index >= 15 is 0 Å². The molecule has 0 saturated heterocycles. The first-order valence-corrected chi connectivity index (χ1v) is 3.94. The van der Waals surface area contributed by atoms with Gasteiger partial charge in [0.25, 0.3) is 0 Å². The van der Waals surface area contributed by atoms with Crippen LogP contribution < -0.4 is 0 Å². The van der Waals surface area contributed by atoms with Gasteiger partial charge >= 0.3 is 0 Å². The van der Waals surface area contributed by atoms with E-state index < -0.39 is 0 Å². The highest BCUT2D eigenvalue weighted by Gasteiger charge is 1.97. The Hall–Kier alpha value is -0.670. The molecule has 0 aliphatic rings. The average molecular weight is 169 g/mol. The van der Waals surface area contributed by atoms with Crippen molar-refractivity contribution in [1.29, 1.82) is 0 Å². The number of carbonyl (C=O) groups is 1. The largest absolute Gasteiger partial charge is 0.737 e. The first-order chi connectivity index (χ1) is 4.72. The van der Waals surface area contributed by atoms with Crippen LogP contribution in [0.5, 0.6) is 0 Å².